The van der Waals surface area contributed by atoms with E-state index in [0.717, 1.165) is 12.8 Å². The molecule has 6 heteroatoms. The second kappa shape index (κ2) is 5.52. The van der Waals surface area contributed by atoms with Gasteiger partial charge in [-0.2, -0.15) is 0 Å². The molecule has 1 saturated carbocycles. The number of nitrogens with one attached hydrogen (secondary N) is 1. The van der Waals surface area contributed by atoms with Crippen molar-refractivity contribution in [1.29, 1.82) is 0 Å². The fraction of sp³-hybridized carbons (Fsp3) is 0.615. The van der Waals surface area contributed by atoms with Gasteiger partial charge in [0.25, 0.3) is 0 Å². The molecule has 1 aromatic heterocycles. The highest BCUT2D eigenvalue weighted by molar-refractivity contribution is 5.56. The Bertz CT molecular complexity index is 456. The Morgan fingerprint density at radius 3 is 2.74 bits per heavy atom. The fourth-order valence-electron chi connectivity index (χ4n) is 2.76. The molecule has 104 valence electrons. The molecule has 1 fully saturated rings. The standard InChI is InChI=1S/C13H20N4O2/c1-16(2)13(7-3-4-8-13)10-15-11-6-5-9-14-12(11)17(18)19/h5-6,9,15H,3-4,7-8,10H2,1-2H3. The molecule has 0 radical (unpaired) electrons. The molecule has 0 aliphatic heterocycles. The first-order valence-corrected chi connectivity index (χ1v) is 6.56. The third-order valence-corrected chi connectivity index (χ3v) is 4.05. The highest BCUT2D eigenvalue weighted by Crippen LogP contribution is 2.34. The van der Waals surface area contributed by atoms with Crippen molar-refractivity contribution in [1.82, 2.24) is 9.88 Å². The lowest BCUT2D eigenvalue weighted by atomic mass is 9.96. The Morgan fingerprint density at radius 2 is 2.16 bits per heavy atom. The normalized spacial score (nSPS) is 17.6. The first-order valence-electron chi connectivity index (χ1n) is 6.56. The highest BCUT2D eigenvalue weighted by Gasteiger charge is 2.36. The van der Waals surface area contributed by atoms with Gasteiger partial charge >= 0.3 is 5.82 Å². The SMILES string of the molecule is CN(C)C1(CNc2cccnc2[N+](=O)[O-])CCCC1. The van der Waals surface area contributed by atoms with Crippen LogP contribution in [0.2, 0.25) is 0 Å². The molecule has 0 spiro atoms. The van der Waals surface area contributed by atoms with E-state index in [-0.39, 0.29) is 11.4 Å². The predicted octanol–water partition coefficient (Wildman–Crippen LogP) is 2.28. The summed E-state index contributed by atoms with van der Waals surface area (Å²) in [5.74, 6) is -0.102. The van der Waals surface area contributed by atoms with E-state index in [1.165, 1.54) is 19.0 Å². The predicted molar refractivity (Wildman–Crippen MR) is 74.3 cm³/mol. The van der Waals surface area contributed by atoms with E-state index in [1.807, 2.05) is 0 Å². The van der Waals surface area contributed by atoms with Crippen molar-refractivity contribution in [2.24, 2.45) is 0 Å². The Kier molecular flexibility index (Phi) is 3.99. The molecular formula is C13H20N4O2. The van der Waals surface area contributed by atoms with Crippen molar-refractivity contribution in [3.63, 3.8) is 0 Å². The molecule has 1 aliphatic carbocycles. The Balaban J connectivity index is 2.12. The van der Waals surface area contributed by atoms with Crippen molar-refractivity contribution >= 4 is 11.5 Å². The lowest BCUT2D eigenvalue weighted by Gasteiger charge is -2.36. The van der Waals surface area contributed by atoms with Crippen LogP contribution < -0.4 is 5.32 Å². The fourth-order valence-corrected chi connectivity index (χ4v) is 2.76. The maximum Gasteiger partial charge on any atom is 0.386 e. The van der Waals surface area contributed by atoms with E-state index >= 15 is 0 Å². The van der Waals surface area contributed by atoms with Gasteiger partial charge in [0.05, 0.1) is 0 Å². The van der Waals surface area contributed by atoms with Gasteiger partial charge in [-0.1, -0.05) is 12.8 Å². The largest absolute Gasteiger partial charge is 0.386 e. The van der Waals surface area contributed by atoms with Gasteiger partial charge in [0.15, 0.2) is 0 Å². The Hall–Kier alpha value is -1.69. The zero-order valence-corrected chi connectivity index (χ0v) is 11.4. The van der Waals surface area contributed by atoms with Crippen LogP contribution in [0, 0.1) is 10.1 Å². The maximum atomic E-state index is 10.9. The third-order valence-electron chi connectivity index (χ3n) is 4.05. The van der Waals surface area contributed by atoms with E-state index in [4.69, 9.17) is 0 Å². The molecule has 2 rings (SSSR count). The van der Waals surface area contributed by atoms with Crippen LogP contribution in [0.4, 0.5) is 11.5 Å². The summed E-state index contributed by atoms with van der Waals surface area (Å²) in [6.45, 7) is 0.715. The van der Waals surface area contributed by atoms with E-state index < -0.39 is 4.92 Å². The number of anilines is 1. The smallest absolute Gasteiger partial charge is 0.376 e. The zero-order valence-electron chi connectivity index (χ0n) is 11.4. The molecule has 0 atom stereocenters. The molecule has 0 saturated heterocycles. The van der Waals surface area contributed by atoms with Crippen LogP contribution in [0.3, 0.4) is 0 Å². The van der Waals surface area contributed by atoms with Crippen LogP contribution in [-0.2, 0) is 0 Å². The van der Waals surface area contributed by atoms with Gasteiger partial charge in [-0.15, -0.1) is 0 Å². The first kappa shape index (κ1) is 13.7. The van der Waals surface area contributed by atoms with E-state index in [1.54, 1.807) is 12.1 Å². The summed E-state index contributed by atoms with van der Waals surface area (Å²) in [5, 5.41) is 14.1. The van der Waals surface area contributed by atoms with E-state index in [9.17, 15) is 10.1 Å². The molecule has 6 nitrogen and oxygen atoms in total. The quantitative estimate of drug-likeness (QED) is 0.652. The van der Waals surface area contributed by atoms with E-state index in [0.29, 0.717) is 12.2 Å². The number of nitrogens with zero attached hydrogens (tertiary/aromatic N) is 3. The van der Waals surface area contributed by atoms with E-state index in [2.05, 4.69) is 29.3 Å². The van der Waals surface area contributed by atoms with Crippen molar-refractivity contribution < 1.29 is 4.92 Å². The topological polar surface area (TPSA) is 71.3 Å². The summed E-state index contributed by atoms with van der Waals surface area (Å²) >= 11 is 0. The highest BCUT2D eigenvalue weighted by atomic mass is 16.6. The van der Waals surface area contributed by atoms with Crippen molar-refractivity contribution in [3.05, 3.63) is 28.4 Å². The molecule has 0 unspecified atom stereocenters. The minimum Gasteiger partial charge on any atom is -0.376 e. The summed E-state index contributed by atoms with van der Waals surface area (Å²) in [5.41, 5.74) is 0.601. The average molecular weight is 264 g/mol. The van der Waals surface area contributed by atoms with Crippen LogP contribution in [0.15, 0.2) is 18.3 Å². The molecule has 1 N–H and O–H groups in total. The van der Waals surface area contributed by atoms with Gasteiger partial charge in [0, 0.05) is 12.1 Å². The minimum atomic E-state index is -0.445. The van der Waals surface area contributed by atoms with Crippen LogP contribution in [0.1, 0.15) is 25.7 Å². The number of pyridine rings is 1. The van der Waals surface area contributed by atoms with Gasteiger partial charge in [-0.05, 0) is 49.0 Å². The van der Waals surface area contributed by atoms with Crippen molar-refractivity contribution in [2.45, 2.75) is 31.2 Å². The molecule has 1 aromatic rings. The van der Waals surface area contributed by atoms with Gasteiger partial charge in [0.1, 0.15) is 11.9 Å². The van der Waals surface area contributed by atoms with Crippen molar-refractivity contribution in [2.75, 3.05) is 26.0 Å². The average Bonchev–Trinajstić information content (AvgIpc) is 2.86. The molecule has 0 amide bonds. The second-order valence-electron chi connectivity index (χ2n) is 5.31. The first-order chi connectivity index (χ1) is 9.05. The minimum absolute atomic E-state index is 0.101. The molecule has 19 heavy (non-hydrogen) atoms. The lowest BCUT2D eigenvalue weighted by Crippen LogP contribution is -2.47. The summed E-state index contributed by atoms with van der Waals surface area (Å²) in [4.78, 5) is 16.5. The monoisotopic (exact) mass is 264 g/mol. The van der Waals surface area contributed by atoms with Crippen LogP contribution >= 0.6 is 0 Å². The van der Waals surface area contributed by atoms with Gasteiger partial charge < -0.3 is 20.3 Å². The van der Waals surface area contributed by atoms with Crippen LogP contribution in [0.25, 0.3) is 0 Å². The maximum absolute atomic E-state index is 10.9. The lowest BCUT2D eigenvalue weighted by molar-refractivity contribution is -0.388. The summed E-state index contributed by atoms with van der Waals surface area (Å²) in [6.07, 6.45) is 6.13. The molecule has 1 aliphatic rings. The number of hydrogen-bond acceptors (Lipinski definition) is 5. The summed E-state index contributed by atoms with van der Waals surface area (Å²) in [6, 6.07) is 3.43. The Morgan fingerprint density at radius 1 is 1.47 bits per heavy atom. The number of aromatic nitrogens is 1. The van der Waals surface area contributed by atoms with Gasteiger partial charge in [-0.25, -0.2) is 0 Å². The van der Waals surface area contributed by atoms with Crippen LogP contribution in [-0.4, -0.2) is 41.0 Å². The second-order valence-corrected chi connectivity index (χ2v) is 5.31. The number of hydrogen-bond donors (Lipinski definition) is 1. The van der Waals surface area contributed by atoms with Crippen molar-refractivity contribution in [3.8, 4) is 0 Å². The molecule has 1 heterocycles. The summed E-state index contributed by atoms with van der Waals surface area (Å²) in [7, 11) is 4.15. The molecular weight excluding hydrogens is 244 g/mol. The van der Waals surface area contributed by atoms with Gasteiger partial charge in [0.2, 0.25) is 0 Å². The Labute approximate surface area is 113 Å². The number of nitro groups is 1. The van der Waals surface area contributed by atoms with Gasteiger partial charge in [-0.3, -0.25) is 0 Å². The molecule has 0 aromatic carbocycles. The van der Waals surface area contributed by atoms with Crippen LogP contribution in [0.5, 0.6) is 0 Å². The third kappa shape index (κ3) is 2.84. The molecule has 0 bridgehead atoms. The number of likely N-dealkylation sites (N-methyl/N-ethyl adjacent to an activating group) is 1. The zero-order chi connectivity index (χ0) is 13.9. The number of rotatable bonds is 5. The summed E-state index contributed by atoms with van der Waals surface area (Å²) < 4.78 is 0.